The summed E-state index contributed by atoms with van der Waals surface area (Å²) in [5.74, 6) is 0.780. The number of nitrogens with zero attached hydrogens (tertiary/aromatic N) is 2. The van der Waals surface area contributed by atoms with Crippen molar-refractivity contribution in [3.63, 3.8) is 0 Å². The minimum atomic E-state index is -0.267. The maximum atomic E-state index is 12.0. The molecule has 0 radical (unpaired) electrons. The fourth-order valence-corrected chi connectivity index (χ4v) is 2.48. The maximum Gasteiger partial charge on any atom is 0.244 e. The molecule has 0 aliphatic carbocycles. The van der Waals surface area contributed by atoms with Crippen molar-refractivity contribution in [2.24, 2.45) is 0 Å². The smallest absolute Gasteiger partial charge is 0.244 e. The normalized spacial score (nSPS) is 11.2. The van der Waals surface area contributed by atoms with Crippen molar-refractivity contribution in [2.45, 2.75) is 6.54 Å². The van der Waals surface area contributed by atoms with E-state index in [1.807, 2.05) is 54.6 Å². The Balaban J connectivity index is 1.36. The number of hydrogen-bond donors (Lipinski definition) is 1. The van der Waals surface area contributed by atoms with E-state index in [4.69, 9.17) is 8.94 Å². The summed E-state index contributed by atoms with van der Waals surface area (Å²) in [5, 5.41) is 6.72. The van der Waals surface area contributed by atoms with Gasteiger partial charge in [0.2, 0.25) is 11.8 Å². The lowest BCUT2D eigenvalue weighted by Gasteiger charge is -1.96. The lowest BCUT2D eigenvalue weighted by Crippen LogP contribution is -2.20. The highest BCUT2D eigenvalue weighted by Crippen LogP contribution is 2.19. The number of fused-ring (bicyclic) bond motifs is 1. The Labute approximate surface area is 149 Å². The van der Waals surface area contributed by atoms with Crippen LogP contribution in [0, 0.1) is 0 Å². The van der Waals surface area contributed by atoms with Crippen LogP contribution in [-0.4, -0.2) is 16.0 Å². The zero-order valence-electron chi connectivity index (χ0n) is 13.8. The van der Waals surface area contributed by atoms with Gasteiger partial charge in [-0.05, 0) is 12.1 Å². The zero-order valence-corrected chi connectivity index (χ0v) is 13.8. The first-order valence-corrected chi connectivity index (χ1v) is 8.10. The van der Waals surface area contributed by atoms with Crippen molar-refractivity contribution in [1.82, 2.24) is 15.5 Å². The Bertz CT molecular complexity index is 1030. The van der Waals surface area contributed by atoms with Gasteiger partial charge in [0.05, 0.1) is 6.54 Å². The van der Waals surface area contributed by atoms with Gasteiger partial charge in [-0.3, -0.25) is 4.79 Å². The number of aromatic nitrogens is 2. The number of carbonyl (C=O) groups is 1. The summed E-state index contributed by atoms with van der Waals surface area (Å²) in [6.07, 6.45) is 2.91. The van der Waals surface area contributed by atoms with Crippen LogP contribution in [0.2, 0.25) is 0 Å². The van der Waals surface area contributed by atoms with Gasteiger partial charge < -0.3 is 14.3 Å². The second-order valence-electron chi connectivity index (χ2n) is 5.62. The van der Waals surface area contributed by atoms with Gasteiger partial charge in [-0.2, -0.15) is 0 Å². The van der Waals surface area contributed by atoms with Crippen LogP contribution in [0.4, 0.5) is 0 Å². The molecule has 0 aliphatic rings. The van der Waals surface area contributed by atoms with E-state index < -0.39 is 0 Å². The third-order valence-corrected chi connectivity index (χ3v) is 3.75. The Kier molecular flexibility index (Phi) is 4.30. The van der Waals surface area contributed by atoms with Crippen LogP contribution >= 0.6 is 0 Å². The van der Waals surface area contributed by atoms with Crippen molar-refractivity contribution >= 4 is 23.1 Å². The Morgan fingerprint density at radius 1 is 1.08 bits per heavy atom. The molecule has 1 amide bonds. The van der Waals surface area contributed by atoms with E-state index >= 15 is 0 Å². The van der Waals surface area contributed by atoms with Crippen molar-refractivity contribution in [3.8, 4) is 11.3 Å². The molecule has 6 heteroatoms. The van der Waals surface area contributed by atoms with E-state index in [-0.39, 0.29) is 12.5 Å². The van der Waals surface area contributed by atoms with E-state index in [9.17, 15) is 4.79 Å². The largest absolute Gasteiger partial charge is 0.437 e. The summed E-state index contributed by atoms with van der Waals surface area (Å²) in [4.78, 5) is 16.2. The van der Waals surface area contributed by atoms with E-state index in [2.05, 4.69) is 15.5 Å². The second-order valence-corrected chi connectivity index (χ2v) is 5.62. The van der Waals surface area contributed by atoms with Gasteiger partial charge in [-0.1, -0.05) is 47.6 Å². The third kappa shape index (κ3) is 3.54. The molecular formula is C20H15N3O3. The van der Waals surface area contributed by atoms with Gasteiger partial charge in [-0.15, -0.1) is 0 Å². The first kappa shape index (κ1) is 15.8. The fourth-order valence-electron chi connectivity index (χ4n) is 2.48. The number of para-hydroxylation sites is 2. The number of carbonyl (C=O) groups excluding carboxylic acids is 1. The predicted molar refractivity (Wildman–Crippen MR) is 96.8 cm³/mol. The van der Waals surface area contributed by atoms with Gasteiger partial charge in [0.1, 0.15) is 11.2 Å². The van der Waals surface area contributed by atoms with Crippen LogP contribution in [0.5, 0.6) is 0 Å². The van der Waals surface area contributed by atoms with Gasteiger partial charge in [0.15, 0.2) is 11.3 Å². The number of amides is 1. The summed E-state index contributed by atoms with van der Waals surface area (Å²) in [6, 6.07) is 18.9. The average Bonchev–Trinajstić information content (AvgIpc) is 3.32. The number of rotatable bonds is 5. The molecule has 0 fully saturated rings. The maximum absolute atomic E-state index is 12.0. The standard InChI is InChI=1S/C20H15N3O3/c24-19(10-11-20-22-16-8-4-5-9-17(16)25-20)21-13-15-12-18(26-23-15)14-6-2-1-3-7-14/h1-12H,13H2,(H,21,24). The number of benzene rings is 2. The predicted octanol–water partition coefficient (Wildman–Crippen LogP) is 3.81. The Morgan fingerprint density at radius 2 is 1.88 bits per heavy atom. The quantitative estimate of drug-likeness (QED) is 0.556. The van der Waals surface area contributed by atoms with Gasteiger partial charge >= 0.3 is 0 Å². The monoisotopic (exact) mass is 345 g/mol. The van der Waals surface area contributed by atoms with Crippen molar-refractivity contribution < 1.29 is 13.7 Å². The van der Waals surface area contributed by atoms with E-state index in [0.717, 1.165) is 11.1 Å². The molecule has 2 aromatic heterocycles. The lowest BCUT2D eigenvalue weighted by molar-refractivity contribution is -0.116. The van der Waals surface area contributed by atoms with Crippen molar-refractivity contribution in [1.29, 1.82) is 0 Å². The molecule has 2 aromatic carbocycles. The molecule has 0 aliphatic heterocycles. The summed E-state index contributed by atoms with van der Waals surface area (Å²) < 4.78 is 10.8. The minimum absolute atomic E-state index is 0.267. The van der Waals surface area contributed by atoms with Crippen LogP contribution in [0.15, 0.2) is 75.7 Å². The highest BCUT2D eigenvalue weighted by Gasteiger charge is 2.07. The molecular weight excluding hydrogens is 330 g/mol. The van der Waals surface area contributed by atoms with Gasteiger partial charge in [0, 0.05) is 23.8 Å². The average molecular weight is 345 g/mol. The minimum Gasteiger partial charge on any atom is -0.437 e. The number of oxazole rings is 1. The molecule has 6 nitrogen and oxygen atoms in total. The van der Waals surface area contributed by atoms with Crippen LogP contribution in [-0.2, 0) is 11.3 Å². The second kappa shape index (κ2) is 7.06. The molecule has 4 rings (SSSR count). The van der Waals surface area contributed by atoms with Crippen molar-refractivity contribution in [3.05, 3.63) is 78.3 Å². The summed E-state index contributed by atoms with van der Waals surface area (Å²) in [5.41, 5.74) is 3.02. The van der Waals surface area contributed by atoms with Gasteiger partial charge in [0.25, 0.3) is 0 Å². The highest BCUT2D eigenvalue weighted by atomic mass is 16.5. The molecule has 0 bridgehead atoms. The van der Waals surface area contributed by atoms with Gasteiger partial charge in [-0.25, -0.2) is 4.98 Å². The van der Waals surface area contributed by atoms with Crippen LogP contribution in [0.3, 0.4) is 0 Å². The van der Waals surface area contributed by atoms with E-state index in [0.29, 0.717) is 22.9 Å². The SMILES string of the molecule is O=C(C=Cc1nc2ccccc2o1)NCc1cc(-c2ccccc2)on1. The van der Waals surface area contributed by atoms with E-state index in [1.165, 1.54) is 12.2 Å². The molecule has 128 valence electrons. The number of hydrogen-bond acceptors (Lipinski definition) is 5. The molecule has 0 saturated carbocycles. The topological polar surface area (TPSA) is 81.2 Å². The Morgan fingerprint density at radius 3 is 2.73 bits per heavy atom. The van der Waals surface area contributed by atoms with Crippen LogP contribution in [0.25, 0.3) is 28.5 Å². The first-order chi connectivity index (χ1) is 12.8. The lowest BCUT2D eigenvalue weighted by atomic mass is 10.2. The molecule has 26 heavy (non-hydrogen) atoms. The Hall–Kier alpha value is -3.67. The van der Waals surface area contributed by atoms with E-state index in [1.54, 1.807) is 6.07 Å². The third-order valence-electron chi connectivity index (χ3n) is 3.75. The fraction of sp³-hybridized carbons (Fsp3) is 0.0500. The number of nitrogens with one attached hydrogen (secondary N) is 1. The molecule has 0 saturated heterocycles. The summed E-state index contributed by atoms with van der Waals surface area (Å²) in [7, 11) is 0. The molecule has 0 unspecified atom stereocenters. The van der Waals surface area contributed by atoms with Crippen molar-refractivity contribution in [2.75, 3.05) is 0 Å². The molecule has 2 heterocycles. The van der Waals surface area contributed by atoms with Crippen LogP contribution < -0.4 is 5.32 Å². The highest BCUT2D eigenvalue weighted by molar-refractivity contribution is 5.91. The summed E-state index contributed by atoms with van der Waals surface area (Å²) in [6.45, 7) is 0.271. The first-order valence-electron chi connectivity index (χ1n) is 8.10. The summed E-state index contributed by atoms with van der Waals surface area (Å²) >= 11 is 0. The van der Waals surface area contributed by atoms with Crippen LogP contribution in [0.1, 0.15) is 11.6 Å². The molecule has 4 aromatic rings. The zero-order chi connectivity index (χ0) is 17.8. The molecule has 0 spiro atoms. The molecule has 1 N–H and O–H groups in total. The molecule has 0 atom stereocenters.